The van der Waals surface area contributed by atoms with Gasteiger partial charge in [0, 0.05) is 29.4 Å². The van der Waals surface area contributed by atoms with Crippen LogP contribution < -0.4 is 4.90 Å². The summed E-state index contributed by atoms with van der Waals surface area (Å²) in [5.74, 6) is 1.49. The van der Waals surface area contributed by atoms with Crippen molar-refractivity contribution in [3.63, 3.8) is 0 Å². The van der Waals surface area contributed by atoms with Gasteiger partial charge in [-0.3, -0.25) is 0 Å². The summed E-state index contributed by atoms with van der Waals surface area (Å²) in [6, 6.07) is 7.87. The molecule has 1 fully saturated rings. The second-order valence-electron chi connectivity index (χ2n) is 7.08. The minimum atomic E-state index is -0.207. The molecule has 1 aromatic heterocycles. The Morgan fingerprint density at radius 3 is 2.92 bits per heavy atom. The van der Waals surface area contributed by atoms with Crippen LogP contribution in [0.1, 0.15) is 44.1 Å². The topological polar surface area (TPSA) is 62.4 Å². The fourth-order valence-electron chi connectivity index (χ4n) is 3.38. The van der Waals surface area contributed by atoms with E-state index in [1.54, 1.807) is 0 Å². The highest BCUT2D eigenvalue weighted by Crippen LogP contribution is 2.35. The van der Waals surface area contributed by atoms with Crippen LogP contribution in [0.2, 0.25) is 5.02 Å². The number of hydrogen-bond donors (Lipinski definition) is 1. The Kier molecular flexibility index (Phi) is 5.11. The van der Waals surface area contributed by atoms with Gasteiger partial charge in [-0.25, -0.2) is 0 Å². The van der Waals surface area contributed by atoms with Crippen molar-refractivity contribution in [1.29, 1.82) is 0 Å². The summed E-state index contributed by atoms with van der Waals surface area (Å²) in [6.07, 6.45) is 2.75. The fourth-order valence-corrected chi connectivity index (χ4v) is 3.59. The van der Waals surface area contributed by atoms with Crippen LogP contribution in [0, 0.1) is 5.41 Å². The average molecular weight is 350 g/mol. The van der Waals surface area contributed by atoms with Crippen LogP contribution in [0.3, 0.4) is 0 Å². The zero-order valence-electron chi connectivity index (χ0n) is 14.2. The molecule has 5 nitrogen and oxygen atoms in total. The molecule has 2 heterocycles. The zero-order valence-corrected chi connectivity index (χ0v) is 15.0. The quantitative estimate of drug-likeness (QED) is 0.892. The van der Waals surface area contributed by atoms with Gasteiger partial charge in [-0.15, -0.1) is 0 Å². The fraction of sp³-hybridized carbons (Fsp3) is 0.556. The summed E-state index contributed by atoms with van der Waals surface area (Å²) in [4.78, 5) is 6.62. The molecule has 1 saturated heterocycles. The number of nitrogens with zero attached hydrogens (tertiary/aromatic N) is 3. The van der Waals surface area contributed by atoms with E-state index in [0.717, 1.165) is 36.4 Å². The summed E-state index contributed by atoms with van der Waals surface area (Å²) in [5.41, 5.74) is 0.941. The van der Waals surface area contributed by atoms with Crippen LogP contribution >= 0.6 is 11.6 Å². The van der Waals surface area contributed by atoms with Crippen molar-refractivity contribution in [2.45, 2.75) is 39.0 Å². The van der Waals surface area contributed by atoms with Crippen LogP contribution in [0.25, 0.3) is 0 Å². The van der Waals surface area contributed by atoms with Crippen molar-refractivity contribution in [3.8, 4) is 0 Å². The lowest BCUT2D eigenvalue weighted by atomic mass is 9.76. The third-order valence-corrected chi connectivity index (χ3v) is 4.91. The number of rotatable bonds is 5. The van der Waals surface area contributed by atoms with Crippen molar-refractivity contribution in [1.82, 2.24) is 10.1 Å². The smallest absolute Gasteiger partial charge is 0.266 e. The van der Waals surface area contributed by atoms with Crippen molar-refractivity contribution in [3.05, 3.63) is 40.7 Å². The van der Waals surface area contributed by atoms with E-state index in [-0.39, 0.29) is 17.9 Å². The van der Waals surface area contributed by atoms with Crippen LogP contribution in [0.4, 0.5) is 5.95 Å². The van der Waals surface area contributed by atoms with Crippen molar-refractivity contribution in [2.75, 3.05) is 24.6 Å². The number of halogens is 1. The highest BCUT2D eigenvalue weighted by Gasteiger charge is 2.36. The molecule has 130 valence electrons. The summed E-state index contributed by atoms with van der Waals surface area (Å²) >= 11 is 6.10. The standard InChI is InChI=1S/C18H24ClN3O2/c1-13(2)16-20-17(21-24-16)22-8-4-7-18(11-22,12-23)10-14-5-3-6-15(19)9-14/h3,5-6,9,13,23H,4,7-8,10-12H2,1-2H3/t18-/m0/s1. The maximum Gasteiger partial charge on any atom is 0.266 e. The summed E-state index contributed by atoms with van der Waals surface area (Å²) in [7, 11) is 0. The molecule has 6 heteroatoms. The SMILES string of the molecule is CC(C)c1nc(N2CCC[C@](CO)(Cc3cccc(Cl)c3)C2)no1. The van der Waals surface area contributed by atoms with Gasteiger partial charge in [0.1, 0.15) is 0 Å². The van der Waals surface area contributed by atoms with E-state index < -0.39 is 0 Å². The average Bonchev–Trinajstić information content (AvgIpc) is 3.05. The third kappa shape index (κ3) is 3.73. The Hall–Kier alpha value is -1.59. The lowest BCUT2D eigenvalue weighted by Gasteiger charge is -2.41. The second kappa shape index (κ2) is 7.11. The molecule has 0 spiro atoms. The summed E-state index contributed by atoms with van der Waals surface area (Å²) in [5, 5.41) is 15.0. The molecule has 0 unspecified atom stereocenters. The number of aliphatic hydroxyl groups excluding tert-OH is 1. The van der Waals surface area contributed by atoms with Crippen LogP contribution in [0.15, 0.2) is 28.8 Å². The van der Waals surface area contributed by atoms with Crippen LogP contribution in [0.5, 0.6) is 0 Å². The minimum absolute atomic E-state index is 0.130. The Morgan fingerprint density at radius 2 is 2.25 bits per heavy atom. The van der Waals surface area contributed by atoms with E-state index in [0.29, 0.717) is 18.4 Å². The first-order valence-corrected chi connectivity index (χ1v) is 8.83. The third-order valence-electron chi connectivity index (χ3n) is 4.67. The van der Waals surface area contributed by atoms with Gasteiger partial charge in [-0.1, -0.05) is 37.6 Å². The first-order valence-electron chi connectivity index (χ1n) is 8.45. The number of piperidine rings is 1. The van der Waals surface area contributed by atoms with E-state index in [2.05, 4.69) is 21.1 Å². The highest BCUT2D eigenvalue weighted by molar-refractivity contribution is 6.30. The number of benzene rings is 1. The molecular weight excluding hydrogens is 326 g/mol. The minimum Gasteiger partial charge on any atom is -0.396 e. The molecule has 1 N–H and O–H groups in total. The normalized spacial score (nSPS) is 21.5. The molecule has 0 aliphatic carbocycles. The van der Waals surface area contributed by atoms with Gasteiger partial charge in [0.25, 0.3) is 5.95 Å². The Bertz CT molecular complexity index is 688. The van der Waals surface area contributed by atoms with E-state index in [1.165, 1.54) is 0 Å². The molecular formula is C18H24ClN3O2. The molecule has 2 aromatic rings. The predicted octanol–water partition coefficient (Wildman–Crippen LogP) is 3.67. The molecule has 0 radical (unpaired) electrons. The second-order valence-corrected chi connectivity index (χ2v) is 7.51. The number of anilines is 1. The van der Waals surface area contributed by atoms with Crippen molar-refractivity contribution < 1.29 is 9.63 Å². The summed E-state index contributed by atoms with van der Waals surface area (Å²) in [6.45, 7) is 5.79. The lowest BCUT2D eigenvalue weighted by molar-refractivity contribution is 0.105. The Balaban J connectivity index is 1.78. The van der Waals surface area contributed by atoms with Gasteiger partial charge in [0.05, 0.1) is 6.61 Å². The van der Waals surface area contributed by atoms with Crippen LogP contribution in [-0.2, 0) is 6.42 Å². The van der Waals surface area contributed by atoms with Crippen molar-refractivity contribution >= 4 is 17.5 Å². The van der Waals surface area contributed by atoms with Gasteiger partial charge < -0.3 is 14.5 Å². The Labute approximate surface area is 147 Å². The van der Waals surface area contributed by atoms with Gasteiger partial charge in [0.15, 0.2) is 0 Å². The van der Waals surface area contributed by atoms with E-state index in [4.69, 9.17) is 16.1 Å². The molecule has 0 bridgehead atoms. The Morgan fingerprint density at radius 1 is 1.42 bits per heavy atom. The molecule has 3 rings (SSSR count). The van der Waals surface area contributed by atoms with E-state index in [1.807, 2.05) is 32.0 Å². The number of hydrogen-bond acceptors (Lipinski definition) is 5. The first kappa shape index (κ1) is 17.2. The van der Waals surface area contributed by atoms with E-state index in [9.17, 15) is 5.11 Å². The maximum atomic E-state index is 10.1. The maximum absolute atomic E-state index is 10.1. The molecule has 0 amide bonds. The van der Waals surface area contributed by atoms with Gasteiger partial charge >= 0.3 is 0 Å². The molecule has 0 saturated carbocycles. The number of aromatic nitrogens is 2. The molecule has 1 aliphatic heterocycles. The monoisotopic (exact) mass is 349 g/mol. The predicted molar refractivity (Wildman–Crippen MR) is 94.5 cm³/mol. The summed E-state index contributed by atoms with van der Waals surface area (Å²) < 4.78 is 5.33. The highest BCUT2D eigenvalue weighted by atomic mass is 35.5. The zero-order chi connectivity index (χ0) is 17.2. The van der Waals surface area contributed by atoms with Crippen LogP contribution in [-0.4, -0.2) is 34.9 Å². The van der Waals surface area contributed by atoms with Crippen molar-refractivity contribution in [2.24, 2.45) is 5.41 Å². The molecule has 1 atom stereocenters. The largest absolute Gasteiger partial charge is 0.396 e. The van der Waals surface area contributed by atoms with Gasteiger partial charge in [-0.2, -0.15) is 4.98 Å². The van der Waals surface area contributed by atoms with E-state index >= 15 is 0 Å². The van der Waals surface area contributed by atoms with Gasteiger partial charge in [-0.05, 0) is 42.1 Å². The number of aliphatic hydroxyl groups is 1. The molecule has 1 aromatic carbocycles. The lowest BCUT2D eigenvalue weighted by Crippen LogP contribution is -2.47. The molecule has 1 aliphatic rings. The molecule has 24 heavy (non-hydrogen) atoms. The van der Waals surface area contributed by atoms with Gasteiger partial charge in [0.2, 0.25) is 5.89 Å². The first-order chi connectivity index (χ1) is 11.5.